The van der Waals surface area contributed by atoms with Gasteiger partial charge in [-0.1, -0.05) is 0 Å². The number of nitrogens with zero attached hydrogens (tertiary/aromatic N) is 4. The lowest BCUT2D eigenvalue weighted by Crippen LogP contribution is -2.09. The largest absolute Gasteiger partial charge is 0.366 e. The van der Waals surface area contributed by atoms with Crippen LogP contribution in [0.25, 0.3) is 5.69 Å². The maximum Gasteiger partial charge on any atom is 0.251 e. The Hall–Kier alpha value is -2.68. The summed E-state index contributed by atoms with van der Waals surface area (Å²) >= 11 is 0. The quantitative estimate of drug-likeness (QED) is 0.842. The molecule has 0 radical (unpaired) electrons. The fourth-order valence-electron chi connectivity index (χ4n) is 1.71. The van der Waals surface area contributed by atoms with Gasteiger partial charge in [0.15, 0.2) is 0 Å². The lowest BCUT2D eigenvalue weighted by atomic mass is 10.1. The van der Waals surface area contributed by atoms with Crippen LogP contribution >= 0.6 is 0 Å². The van der Waals surface area contributed by atoms with Crippen LogP contribution in [-0.4, -0.2) is 20.7 Å². The third kappa shape index (κ3) is 1.94. The second kappa shape index (κ2) is 4.30. The molecule has 90 valence electrons. The maximum absolute atomic E-state index is 11.0. The van der Waals surface area contributed by atoms with E-state index in [0.717, 1.165) is 5.69 Å². The first kappa shape index (κ1) is 11.8. The van der Waals surface area contributed by atoms with E-state index in [4.69, 9.17) is 11.0 Å². The van der Waals surface area contributed by atoms with Crippen molar-refractivity contribution in [3.8, 4) is 11.8 Å². The van der Waals surface area contributed by atoms with E-state index < -0.39 is 5.91 Å². The first-order valence-electron chi connectivity index (χ1n) is 5.26. The Morgan fingerprint density at radius 1 is 1.50 bits per heavy atom. The molecule has 0 bridgehead atoms. The van der Waals surface area contributed by atoms with E-state index in [0.29, 0.717) is 22.5 Å². The third-order valence-electron chi connectivity index (χ3n) is 2.53. The molecule has 6 heteroatoms. The molecule has 0 spiro atoms. The minimum atomic E-state index is -0.553. The molecule has 2 aromatic rings. The van der Waals surface area contributed by atoms with Crippen LogP contribution in [0.1, 0.15) is 27.3 Å². The van der Waals surface area contributed by atoms with Crippen molar-refractivity contribution in [3.05, 3.63) is 41.0 Å². The Balaban J connectivity index is 2.63. The van der Waals surface area contributed by atoms with Crippen LogP contribution in [0.5, 0.6) is 0 Å². The zero-order valence-corrected chi connectivity index (χ0v) is 10.0. The van der Waals surface area contributed by atoms with E-state index in [9.17, 15) is 4.79 Å². The fourth-order valence-corrected chi connectivity index (χ4v) is 1.71. The smallest absolute Gasteiger partial charge is 0.251 e. The highest BCUT2D eigenvalue weighted by atomic mass is 16.1. The van der Waals surface area contributed by atoms with Crippen LogP contribution < -0.4 is 5.73 Å². The molecule has 0 saturated heterocycles. The standard InChI is InChI=1S/C12H11N5O/c1-7-3-11(10(4-13)8(2)16-7)17-6-9(5-15-17)12(14)18/h3,5-6H,1-2H3,(H2,14,18). The Morgan fingerprint density at radius 2 is 2.22 bits per heavy atom. The SMILES string of the molecule is Cc1cc(-n2cc(C(N)=O)cn2)c(C#N)c(C)n1. The Bertz CT molecular complexity index is 666. The van der Waals surface area contributed by atoms with Gasteiger partial charge in [-0.05, 0) is 19.9 Å². The number of aromatic nitrogens is 3. The second-order valence-corrected chi connectivity index (χ2v) is 3.89. The van der Waals surface area contributed by atoms with Gasteiger partial charge in [0.2, 0.25) is 0 Å². The van der Waals surface area contributed by atoms with Crippen LogP contribution in [0, 0.1) is 25.2 Å². The molecule has 0 aliphatic rings. The number of pyridine rings is 1. The van der Waals surface area contributed by atoms with Crippen LogP contribution in [-0.2, 0) is 0 Å². The lowest BCUT2D eigenvalue weighted by molar-refractivity contribution is 0.100. The van der Waals surface area contributed by atoms with Gasteiger partial charge in [-0.15, -0.1) is 0 Å². The number of carbonyl (C=O) groups excluding carboxylic acids is 1. The number of nitriles is 1. The minimum Gasteiger partial charge on any atom is -0.366 e. The van der Waals surface area contributed by atoms with Gasteiger partial charge >= 0.3 is 0 Å². The molecule has 0 aliphatic carbocycles. The lowest BCUT2D eigenvalue weighted by Gasteiger charge is -2.07. The monoisotopic (exact) mass is 241 g/mol. The Kier molecular flexibility index (Phi) is 2.81. The van der Waals surface area contributed by atoms with E-state index in [1.54, 1.807) is 13.0 Å². The number of rotatable bonds is 2. The van der Waals surface area contributed by atoms with Crippen LogP contribution in [0.15, 0.2) is 18.5 Å². The van der Waals surface area contributed by atoms with E-state index in [1.807, 2.05) is 6.92 Å². The molecule has 6 nitrogen and oxygen atoms in total. The highest BCUT2D eigenvalue weighted by molar-refractivity contribution is 5.92. The van der Waals surface area contributed by atoms with Gasteiger partial charge in [0, 0.05) is 11.9 Å². The normalized spacial score (nSPS) is 10.1. The van der Waals surface area contributed by atoms with Gasteiger partial charge in [0.05, 0.1) is 28.7 Å². The van der Waals surface area contributed by atoms with Crippen molar-refractivity contribution in [3.63, 3.8) is 0 Å². The summed E-state index contributed by atoms with van der Waals surface area (Å²) in [5.74, 6) is -0.553. The summed E-state index contributed by atoms with van der Waals surface area (Å²) in [4.78, 5) is 15.2. The molecule has 0 fully saturated rings. The molecule has 0 saturated carbocycles. The number of aryl methyl sites for hydroxylation is 2. The number of carbonyl (C=O) groups is 1. The number of primary amides is 1. The molecule has 0 atom stereocenters. The molecular formula is C12H11N5O. The molecule has 2 heterocycles. The van der Waals surface area contributed by atoms with Crippen molar-refractivity contribution in [2.75, 3.05) is 0 Å². The van der Waals surface area contributed by atoms with Gasteiger partial charge in [0.1, 0.15) is 6.07 Å². The second-order valence-electron chi connectivity index (χ2n) is 3.89. The molecule has 18 heavy (non-hydrogen) atoms. The highest BCUT2D eigenvalue weighted by Gasteiger charge is 2.12. The van der Waals surface area contributed by atoms with Gasteiger partial charge in [-0.25, -0.2) is 4.68 Å². The van der Waals surface area contributed by atoms with E-state index >= 15 is 0 Å². The van der Waals surface area contributed by atoms with Crippen LogP contribution in [0.2, 0.25) is 0 Å². The molecule has 0 aliphatic heterocycles. The molecule has 2 rings (SSSR count). The zero-order valence-electron chi connectivity index (χ0n) is 10.0. The summed E-state index contributed by atoms with van der Waals surface area (Å²) in [5.41, 5.74) is 7.89. The number of hydrogen-bond donors (Lipinski definition) is 1. The van der Waals surface area contributed by atoms with E-state index in [1.165, 1.54) is 17.1 Å². The highest BCUT2D eigenvalue weighted by Crippen LogP contribution is 2.17. The van der Waals surface area contributed by atoms with Crippen molar-refractivity contribution >= 4 is 5.91 Å². The first-order valence-corrected chi connectivity index (χ1v) is 5.26. The van der Waals surface area contributed by atoms with Crippen molar-refractivity contribution in [2.45, 2.75) is 13.8 Å². The summed E-state index contributed by atoms with van der Waals surface area (Å²) in [6.45, 7) is 3.59. The predicted octanol–water partition coefficient (Wildman–Crippen LogP) is 0.855. The van der Waals surface area contributed by atoms with Gasteiger partial charge < -0.3 is 5.73 Å². The molecule has 0 unspecified atom stereocenters. The molecular weight excluding hydrogens is 230 g/mol. The molecule has 2 N–H and O–H groups in total. The van der Waals surface area contributed by atoms with Gasteiger partial charge in [-0.2, -0.15) is 10.4 Å². The molecule has 2 aromatic heterocycles. The van der Waals surface area contributed by atoms with Crippen molar-refractivity contribution < 1.29 is 4.79 Å². The predicted molar refractivity (Wildman–Crippen MR) is 64.1 cm³/mol. The Labute approximate surface area is 104 Å². The topological polar surface area (TPSA) is 97.6 Å². The van der Waals surface area contributed by atoms with Crippen molar-refractivity contribution in [1.29, 1.82) is 5.26 Å². The molecule has 1 amide bonds. The van der Waals surface area contributed by atoms with Crippen LogP contribution in [0.3, 0.4) is 0 Å². The maximum atomic E-state index is 11.0. The molecule has 0 aromatic carbocycles. The zero-order chi connectivity index (χ0) is 13.3. The number of nitrogens with two attached hydrogens (primary N) is 1. The van der Waals surface area contributed by atoms with E-state index in [2.05, 4.69) is 16.2 Å². The third-order valence-corrected chi connectivity index (χ3v) is 2.53. The average Bonchev–Trinajstić information content (AvgIpc) is 2.77. The van der Waals surface area contributed by atoms with Crippen molar-refractivity contribution in [2.24, 2.45) is 5.73 Å². The first-order chi connectivity index (χ1) is 8.52. The Morgan fingerprint density at radius 3 is 2.78 bits per heavy atom. The summed E-state index contributed by atoms with van der Waals surface area (Å²) in [6, 6.07) is 3.83. The van der Waals surface area contributed by atoms with Gasteiger partial charge in [0.25, 0.3) is 5.91 Å². The number of amides is 1. The van der Waals surface area contributed by atoms with Crippen LogP contribution in [0.4, 0.5) is 0 Å². The summed E-state index contributed by atoms with van der Waals surface area (Å²) in [7, 11) is 0. The van der Waals surface area contributed by atoms with Gasteiger partial charge in [-0.3, -0.25) is 9.78 Å². The summed E-state index contributed by atoms with van der Waals surface area (Å²) < 4.78 is 1.46. The fraction of sp³-hybridized carbons (Fsp3) is 0.167. The van der Waals surface area contributed by atoms with Crippen molar-refractivity contribution in [1.82, 2.24) is 14.8 Å². The summed E-state index contributed by atoms with van der Waals surface area (Å²) in [6.07, 6.45) is 2.87. The number of hydrogen-bond acceptors (Lipinski definition) is 4. The minimum absolute atomic E-state index is 0.297. The average molecular weight is 241 g/mol. The summed E-state index contributed by atoms with van der Waals surface area (Å²) in [5, 5.41) is 13.2. The van der Waals surface area contributed by atoms with E-state index in [-0.39, 0.29) is 0 Å².